The van der Waals surface area contributed by atoms with Gasteiger partial charge in [0.2, 0.25) is 10.0 Å². The summed E-state index contributed by atoms with van der Waals surface area (Å²) in [5.41, 5.74) is 5.47. The Labute approximate surface area is 123 Å². The van der Waals surface area contributed by atoms with Gasteiger partial charge in [0.25, 0.3) is 0 Å². The fraction of sp³-hybridized carbons (Fsp3) is 0.667. The molecule has 3 N–H and O–H groups in total. The first-order valence-electron chi connectivity index (χ1n) is 6.52. The third-order valence-electron chi connectivity index (χ3n) is 3.07. The van der Waals surface area contributed by atoms with E-state index in [0.717, 1.165) is 23.5 Å². The molecular weight excluding hydrogens is 300 g/mol. The molecule has 4 nitrogen and oxygen atoms in total. The number of sulfonamides is 1. The van der Waals surface area contributed by atoms with Gasteiger partial charge in [0.05, 0.1) is 0 Å². The third kappa shape index (κ3) is 4.46. The molecule has 0 spiro atoms. The predicted molar refractivity (Wildman–Crippen MR) is 82.4 cm³/mol. The Morgan fingerprint density at radius 2 is 2.21 bits per heavy atom. The molecule has 1 fully saturated rings. The number of thioether (sulfide) groups is 1. The fourth-order valence-electron chi connectivity index (χ4n) is 2.02. The van der Waals surface area contributed by atoms with Crippen molar-refractivity contribution in [3.63, 3.8) is 0 Å². The van der Waals surface area contributed by atoms with Crippen molar-refractivity contribution in [1.82, 2.24) is 4.72 Å². The van der Waals surface area contributed by atoms with E-state index in [1.54, 1.807) is 6.07 Å². The average Bonchev–Trinajstić information content (AvgIpc) is 2.88. The zero-order valence-corrected chi connectivity index (χ0v) is 13.2. The first-order chi connectivity index (χ1) is 9.12. The standard InChI is InChI=1S/C12H20N2O2S3/c13-7-6-10-4-5-12(18-10)19(15,16)14-9-11-3-1-2-8-17-11/h4-5,11,14H,1-3,6-9,13H2. The summed E-state index contributed by atoms with van der Waals surface area (Å²) in [7, 11) is -3.34. The largest absolute Gasteiger partial charge is 0.330 e. The maximum Gasteiger partial charge on any atom is 0.250 e. The maximum atomic E-state index is 12.2. The number of nitrogens with one attached hydrogen (secondary N) is 1. The molecule has 0 radical (unpaired) electrons. The van der Waals surface area contributed by atoms with Crippen LogP contribution in [0.15, 0.2) is 16.3 Å². The van der Waals surface area contributed by atoms with E-state index < -0.39 is 10.0 Å². The van der Waals surface area contributed by atoms with Crippen molar-refractivity contribution in [3.8, 4) is 0 Å². The molecule has 0 aromatic carbocycles. The molecule has 0 aliphatic carbocycles. The van der Waals surface area contributed by atoms with E-state index in [-0.39, 0.29) is 0 Å². The molecule has 0 amide bonds. The number of hydrogen-bond donors (Lipinski definition) is 2. The quantitative estimate of drug-likeness (QED) is 0.838. The van der Waals surface area contributed by atoms with Crippen molar-refractivity contribution >= 4 is 33.1 Å². The van der Waals surface area contributed by atoms with Crippen LogP contribution in [0.5, 0.6) is 0 Å². The van der Waals surface area contributed by atoms with Gasteiger partial charge in [-0.25, -0.2) is 13.1 Å². The lowest BCUT2D eigenvalue weighted by Crippen LogP contribution is -2.31. The highest BCUT2D eigenvalue weighted by Crippen LogP contribution is 2.26. The molecule has 1 atom stereocenters. The molecule has 19 heavy (non-hydrogen) atoms. The molecule has 0 saturated carbocycles. The molecule has 1 unspecified atom stereocenters. The topological polar surface area (TPSA) is 72.2 Å². The zero-order chi connectivity index (χ0) is 13.7. The molecule has 1 aromatic rings. The lowest BCUT2D eigenvalue weighted by Gasteiger charge is -2.21. The van der Waals surface area contributed by atoms with Gasteiger partial charge in [-0.15, -0.1) is 11.3 Å². The fourth-order valence-corrected chi connectivity index (χ4v) is 5.86. The highest BCUT2D eigenvalue weighted by atomic mass is 32.2. The molecular formula is C12H20N2O2S3. The Kier molecular flexibility index (Phi) is 5.70. The number of rotatable bonds is 6. The summed E-state index contributed by atoms with van der Waals surface area (Å²) in [6, 6.07) is 3.52. The third-order valence-corrected chi connectivity index (χ3v) is 7.53. The molecule has 2 heterocycles. The minimum Gasteiger partial charge on any atom is -0.330 e. The van der Waals surface area contributed by atoms with Crippen LogP contribution >= 0.6 is 23.1 Å². The zero-order valence-electron chi connectivity index (χ0n) is 10.8. The molecule has 0 bridgehead atoms. The molecule has 2 rings (SSSR count). The van der Waals surface area contributed by atoms with Gasteiger partial charge in [-0.3, -0.25) is 0 Å². The lowest BCUT2D eigenvalue weighted by molar-refractivity contribution is 0.576. The number of nitrogens with two attached hydrogens (primary N) is 1. The van der Waals surface area contributed by atoms with Crippen LogP contribution in [0.4, 0.5) is 0 Å². The van der Waals surface area contributed by atoms with Crippen molar-refractivity contribution in [1.29, 1.82) is 0 Å². The minimum absolute atomic E-state index is 0.400. The second kappa shape index (κ2) is 7.08. The minimum atomic E-state index is -3.34. The van der Waals surface area contributed by atoms with Gasteiger partial charge in [-0.05, 0) is 43.7 Å². The van der Waals surface area contributed by atoms with E-state index in [2.05, 4.69) is 4.72 Å². The summed E-state index contributed by atoms with van der Waals surface area (Å²) in [6.45, 7) is 1.09. The van der Waals surface area contributed by atoms with Gasteiger partial charge < -0.3 is 5.73 Å². The lowest BCUT2D eigenvalue weighted by atomic mass is 10.2. The first kappa shape index (κ1) is 15.3. The monoisotopic (exact) mass is 320 g/mol. The first-order valence-corrected chi connectivity index (χ1v) is 9.87. The van der Waals surface area contributed by atoms with E-state index >= 15 is 0 Å². The second-order valence-electron chi connectivity index (χ2n) is 4.60. The van der Waals surface area contributed by atoms with Crippen LogP contribution in [0.2, 0.25) is 0 Å². The molecule has 7 heteroatoms. The molecule has 1 aliphatic rings. The van der Waals surface area contributed by atoms with Crippen LogP contribution in [0.25, 0.3) is 0 Å². The highest BCUT2D eigenvalue weighted by molar-refractivity contribution is 8.00. The Balaban J connectivity index is 1.92. The Morgan fingerprint density at radius 3 is 2.89 bits per heavy atom. The van der Waals surface area contributed by atoms with Crippen LogP contribution < -0.4 is 10.5 Å². The number of thiophene rings is 1. The Morgan fingerprint density at radius 1 is 1.37 bits per heavy atom. The Hall–Kier alpha value is -0.0800. The van der Waals surface area contributed by atoms with E-state index in [1.807, 2.05) is 17.8 Å². The number of hydrogen-bond acceptors (Lipinski definition) is 5. The molecule has 1 aromatic heterocycles. The maximum absolute atomic E-state index is 12.2. The summed E-state index contributed by atoms with van der Waals surface area (Å²) >= 11 is 3.19. The van der Waals surface area contributed by atoms with E-state index in [9.17, 15) is 8.42 Å². The van der Waals surface area contributed by atoms with Gasteiger partial charge in [0.1, 0.15) is 4.21 Å². The summed E-state index contributed by atoms with van der Waals surface area (Å²) in [6.07, 6.45) is 4.30. The average molecular weight is 321 g/mol. The van der Waals surface area contributed by atoms with Crippen molar-refractivity contribution in [2.24, 2.45) is 5.73 Å². The van der Waals surface area contributed by atoms with E-state index in [0.29, 0.717) is 22.5 Å². The van der Waals surface area contributed by atoms with Crippen LogP contribution in [0.3, 0.4) is 0 Å². The normalized spacial score (nSPS) is 20.6. The molecule has 108 valence electrons. The summed E-state index contributed by atoms with van der Waals surface area (Å²) in [5, 5.41) is 0.423. The Bertz CT molecular complexity index is 493. The van der Waals surface area contributed by atoms with Gasteiger partial charge in [0.15, 0.2) is 0 Å². The van der Waals surface area contributed by atoms with Crippen LogP contribution in [0, 0.1) is 0 Å². The van der Waals surface area contributed by atoms with Crippen molar-refractivity contribution in [2.75, 3.05) is 18.8 Å². The highest BCUT2D eigenvalue weighted by Gasteiger charge is 2.20. The van der Waals surface area contributed by atoms with Crippen molar-refractivity contribution in [3.05, 3.63) is 17.0 Å². The van der Waals surface area contributed by atoms with E-state index in [4.69, 9.17) is 5.73 Å². The summed E-state index contributed by atoms with van der Waals surface area (Å²) in [5.74, 6) is 1.14. The van der Waals surface area contributed by atoms with Crippen molar-refractivity contribution in [2.45, 2.75) is 35.1 Å². The van der Waals surface area contributed by atoms with Crippen molar-refractivity contribution < 1.29 is 8.42 Å². The van der Waals surface area contributed by atoms with Crippen LogP contribution in [-0.2, 0) is 16.4 Å². The molecule has 1 saturated heterocycles. The van der Waals surface area contributed by atoms with Crippen LogP contribution in [-0.4, -0.2) is 32.5 Å². The van der Waals surface area contributed by atoms with Gasteiger partial charge in [-0.1, -0.05) is 6.42 Å². The smallest absolute Gasteiger partial charge is 0.250 e. The predicted octanol–water partition coefficient (Wildman–Crippen LogP) is 1.81. The summed E-state index contributed by atoms with van der Waals surface area (Å²) in [4.78, 5) is 1.02. The van der Waals surface area contributed by atoms with E-state index in [1.165, 1.54) is 24.2 Å². The van der Waals surface area contributed by atoms with Gasteiger partial charge >= 0.3 is 0 Å². The summed E-state index contributed by atoms with van der Waals surface area (Å²) < 4.78 is 27.4. The molecule has 1 aliphatic heterocycles. The SMILES string of the molecule is NCCc1ccc(S(=O)(=O)NCC2CCCCS2)s1. The van der Waals surface area contributed by atoms with Crippen LogP contribution in [0.1, 0.15) is 24.1 Å². The second-order valence-corrected chi connectivity index (χ2v) is 9.17. The van der Waals surface area contributed by atoms with Gasteiger partial charge in [-0.2, -0.15) is 11.8 Å². The van der Waals surface area contributed by atoms with Gasteiger partial charge in [0, 0.05) is 16.7 Å².